The molecule has 0 aliphatic carbocycles. The molecule has 19 heavy (non-hydrogen) atoms. The van der Waals surface area contributed by atoms with Crippen molar-refractivity contribution in [3.63, 3.8) is 0 Å². The maximum atomic E-state index is 5.83. The highest BCUT2D eigenvalue weighted by Crippen LogP contribution is 2.23. The van der Waals surface area contributed by atoms with Crippen LogP contribution < -0.4 is 5.32 Å². The fourth-order valence-electron chi connectivity index (χ4n) is 2.67. The number of aromatic nitrogens is 1. The summed E-state index contributed by atoms with van der Waals surface area (Å²) in [5.41, 5.74) is 1.30. The van der Waals surface area contributed by atoms with E-state index >= 15 is 0 Å². The Balaban J connectivity index is 1.86. The van der Waals surface area contributed by atoms with Crippen LogP contribution in [0.2, 0.25) is 0 Å². The molecule has 1 aliphatic rings. The molecule has 1 saturated heterocycles. The number of hydrogen-bond acceptors (Lipinski definition) is 3. The van der Waals surface area contributed by atoms with Crippen molar-refractivity contribution in [1.29, 1.82) is 0 Å². The minimum absolute atomic E-state index is 0.416. The Bertz CT molecular complexity index is 336. The van der Waals surface area contributed by atoms with Gasteiger partial charge in [0.15, 0.2) is 0 Å². The molecule has 2 unspecified atom stereocenters. The second-order valence-electron chi connectivity index (χ2n) is 5.36. The van der Waals surface area contributed by atoms with E-state index < -0.39 is 0 Å². The summed E-state index contributed by atoms with van der Waals surface area (Å²) in [6.45, 7) is 4.22. The Kier molecular flexibility index (Phi) is 6.31. The van der Waals surface area contributed by atoms with Crippen LogP contribution in [0.4, 0.5) is 0 Å². The number of pyridine rings is 1. The maximum absolute atomic E-state index is 5.83. The summed E-state index contributed by atoms with van der Waals surface area (Å²) in [6, 6.07) is 4.61. The number of ether oxygens (including phenoxy) is 1. The van der Waals surface area contributed by atoms with E-state index in [9.17, 15) is 0 Å². The maximum Gasteiger partial charge on any atom is 0.0575 e. The molecule has 3 nitrogen and oxygen atoms in total. The van der Waals surface area contributed by atoms with Gasteiger partial charge in [-0.15, -0.1) is 0 Å². The molecule has 3 heteroatoms. The van der Waals surface area contributed by atoms with E-state index in [4.69, 9.17) is 4.74 Å². The van der Waals surface area contributed by atoms with Gasteiger partial charge < -0.3 is 10.1 Å². The van der Waals surface area contributed by atoms with Gasteiger partial charge in [0, 0.05) is 25.0 Å². The fourth-order valence-corrected chi connectivity index (χ4v) is 2.67. The molecule has 2 heterocycles. The Morgan fingerprint density at radius 3 is 3.11 bits per heavy atom. The molecule has 0 bridgehead atoms. The molecule has 0 radical (unpaired) electrons. The van der Waals surface area contributed by atoms with Crippen LogP contribution in [-0.4, -0.2) is 24.2 Å². The van der Waals surface area contributed by atoms with E-state index in [0.29, 0.717) is 12.1 Å². The lowest BCUT2D eigenvalue weighted by Gasteiger charge is -2.25. The zero-order valence-corrected chi connectivity index (χ0v) is 12.0. The summed E-state index contributed by atoms with van der Waals surface area (Å²) in [5.74, 6) is 0. The van der Waals surface area contributed by atoms with E-state index in [1.165, 1.54) is 24.8 Å². The van der Waals surface area contributed by atoms with Crippen LogP contribution in [0, 0.1) is 0 Å². The largest absolute Gasteiger partial charge is 0.378 e. The molecule has 0 aromatic carbocycles. The van der Waals surface area contributed by atoms with Gasteiger partial charge in [-0.2, -0.15) is 0 Å². The van der Waals surface area contributed by atoms with Crippen molar-refractivity contribution in [2.24, 2.45) is 0 Å². The number of nitrogens with zero attached hydrogens (tertiary/aromatic N) is 1. The second kappa shape index (κ2) is 8.28. The third-order valence-electron chi connectivity index (χ3n) is 3.78. The Labute approximate surface area is 116 Å². The third kappa shape index (κ3) is 4.92. The predicted octanol–water partition coefficient (Wildman–Crippen LogP) is 3.47. The molecular weight excluding hydrogens is 236 g/mol. The van der Waals surface area contributed by atoms with E-state index in [1.807, 2.05) is 18.5 Å². The van der Waals surface area contributed by atoms with Crippen molar-refractivity contribution < 1.29 is 4.74 Å². The molecule has 1 fully saturated rings. The van der Waals surface area contributed by atoms with Gasteiger partial charge in [0.25, 0.3) is 0 Å². The van der Waals surface area contributed by atoms with Gasteiger partial charge in [0.05, 0.1) is 6.10 Å². The molecule has 1 N–H and O–H groups in total. The lowest BCUT2D eigenvalue weighted by molar-refractivity contribution is 0.00854. The van der Waals surface area contributed by atoms with Gasteiger partial charge in [-0.25, -0.2) is 0 Å². The first-order valence-corrected chi connectivity index (χ1v) is 7.65. The molecule has 106 valence electrons. The van der Waals surface area contributed by atoms with Crippen molar-refractivity contribution in [2.75, 3.05) is 13.2 Å². The van der Waals surface area contributed by atoms with Gasteiger partial charge in [0.1, 0.15) is 0 Å². The Morgan fingerprint density at radius 2 is 2.42 bits per heavy atom. The summed E-state index contributed by atoms with van der Waals surface area (Å²) >= 11 is 0. The van der Waals surface area contributed by atoms with Gasteiger partial charge in [-0.3, -0.25) is 4.98 Å². The van der Waals surface area contributed by atoms with Crippen LogP contribution >= 0.6 is 0 Å². The van der Waals surface area contributed by atoms with Crippen molar-refractivity contribution in [3.05, 3.63) is 30.1 Å². The van der Waals surface area contributed by atoms with Gasteiger partial charge in [-0.1, -0.05) is 13.0 Å². The lowest BCUT2D eigenvalue weighted by Crippen LogP contribution is -2.25. The quantitative estimate of drug-likeness (QED) is 0.817. The standard InChI is InChI=1S/C16H26N2O/c1-2-10-18-16(14-6-5-11-17-13-14)9-8-15-7-3-4-12-19-15/h5-6,11,13,15-16,18H,2-4,7-10,12H2,1H3. The SMILES string of the molecule is CCCNC(CCC1CCCCO1)c1cccnc1. The third-order valence-corrected chi connectivity index (χ3v) is 3.78. The highest BCUT2D eigenvalue weighted by atomic mass is 16.5. The van der Waals surface area contributed by atoms with E-state index in [0.717, 1.165) is 32.4 Å². The van der Waals surface area contributed by atoms with Crippen LogP contribution in [-0.2, 0) is 4.74 Å². The van der Waals surface area contributed by atoms with Gasteiger partial charge in [-0.05, 0) is 56.7 Å². The smallest absolute Gasteiger partial charge is 0.0575 e. The zero-order chi connectivity index (χ0) is 13.3. The highest BCUT2D eigenvalue weighted by Gasteiger charge is 2.17. The van der Waals surface area contributed by atoms with Crippen LogP contribution in [0.25, 0.3) is 0 Å². The van der Waals surface area contributed by atoms with Crippen molar-refractivity contribution in [2.45, 2.75) is 57.6 Å². The van der Waals surface area contributed by atoms with E-state index in [-0.39, 0.29) is 0 Å². The molecule has 2 rings (SSSR count). The first-order chi connectivity index (χ1) is 9.40. The first kappa shape index (κ1) is 14.5. The lowest BCUT2D eigenvalue weighted by atomic mass is 9.98. The number of rotatable bonds is 7. The summed E-state index contributed by atoms with van der Waals surface area (Å²) in [4.78, 5) is 4.24. The fraction of sp³-hybridized carbons (Fsp3) is 0.688. The summed E-state index contributed by atoms with van der Waals surface area (Å²) in [7, 11) is 0. The molecule has 1 aromatic rings. The van der Waals surface area contributed by atoms with Crippen LogP contribution in [0.3, 0.4) is 0 Å². The van der Waals surface area contributed by atoms with Gasteiger partial charge >= 0.3 is 0 Å². The van der Waals surface area contributed by atoms with Crippen molar-refractivity contribution in [1.82, 2.24) is 10.3 Å². The van der Waals surface area contributed by atoms with Gasteiger partial charge in [0.2, 0.25) is 0 Å². The molecule has 0 amide bonds. The molecule has 2 atom stereocenters. The van der Waals surface area contributed by atoms with E-state index in [1.54, 1.807) is 0 Å². The summed E-state index contributed by atoms with van der Waals surface area (Å²) in [6.07, 6.45) is 11.5. The molecule has 0 spiro atoms. The Morgan fingerprint density at radius 1 is 1.47 bits per heavy atom. The molecule has 1 aliphatic heterocycles. The molecule has 0 saturated carbocycles. The number of hydrogen-bond donors (Lipinski definition) is 1. The van der Waals surface area contributed by atoms with E-state index in [2.05, 4.69) is 23.3 Å². The number of nitrogens with one attached hydrogen (secondary N) is 1. The van der Waals surface area contributed by atoms with Crippen LogP contribution in [0.15, 0.2) is 24.5 Å². The normalized spacial score (nSPS) is 21.2. The minimum Gasteiger partial charge on any atom is -0.378 e. The highest BCUT2D eigenvalue weighted by molar-refractivity contribution is 5.13. The van der Waals surface area contributed by atoms with Crippen LogP contribution in [0.5, 0.6) is 0 Å². The topological polar surface area (TPSA) is 34.1 Å². The monoisotopic (exact) mass is 262 g/mol. The molecule has 1 aromatic heterocycles. The van der Waals surface area contributed by atoms with Crippen LogP contribution in [0.1, 0.15) is 57.1 Å². The first-order valence-electron chi connectivity index (χ1n) is 7.65. The second-order valence-corrected chi connectivity index (χ2v) is 5.36. The zero-order valence-electron chi connectivity index (χ0n) is 12.0. The van der Waals surface area contributed by atoms with Crippen molar-refractivity contribution in [3.8, 4) is 0 Å². The summed E-state index contributed by atoms with van der Waals surface area (Å²) < 4.78 is 5.83. The molecular formula is C16H26N2O. The summed E-state index contributed by atoms with van der Waals surface area (Å²) in [5, 5.41) is 3.63. The predicted molar refractivity (Wildman–Crippen MR) is 78.1 cm³/mol. The Hall–Kier alpha value is -0.930. The van der Waals surface area contributed by atoms with Crippen molar-refractivity contribution >= 4 is 0 Å². The average molecular weight is 262 g/mol. The minimum atomic E-state index is 0.416. The average Bonchev–Trinajstić information content (AvgIpc) is 2.49.